The van der Waals surface area contributed by atoms with Crippen molar-refractivity contribution in [2.75, 3.05) is 13.2 Å². The molecule has 1 heterocycles. The second-order valence-electron chi connectivity index (χ2n) is 30.2. The highest BCUT2D eigenvalue weighted by atomic mass is 16.7. The molecule has 0 saturated carbocycles. The minimum Gasteiger partial charge on any atom is -0.480 e. The monoisotopic (exact) mass is 1470 g/mol. The lowest BCUT2D eigenvalue weighted by Gasteiger charge is -2.44. The fraction of sp³-hybridized carbons (Fsp3) is 0.849. The highest BCUT2D eigenvalue weighted by molar-refractivity contribution is 5.88. The number of aliphatic hydroxyl groups is 2. The molecule has 1 fully saturated rings. The minimum atomic E-state index is -1.77. The molecule has 0 aliphatic carbocycles. The molecule has 18 nitrogen and oxygen atoms in total. The fourth-order valence-corrected chi connectivity index (χ4v) is 13.9. The molecular formula is C86H152N2O16. The Kier molecular flexibility index (Phi) is 61.1. The first-order valence-electron chi connectivity index (χ1n) is 42.9. The van der Waals surface area contributed by atoms with E-state index in [9.17, 15) is 48.9 Å². The topological polar surface area (TPSA) is 260 Å². The van der Waals surface area contributed by atoms with Gasteiger partial charge in [0.15, 0.2) is 24.5 Å². The summed E-state index contributed by atoms with van der Waals surface area (Å²) in [5.74, 6) is -5.26. The van der Waals surface area contributed by atoms with Crippen LogP contribution in [0, 0.1) is 0 Å². The van der Waals surface area contributed by atoms with Crippen LogP contribution in [-0.2, 0) is 68.4 Å². The SMILES string of the molecule is CCCCCCCCCCCCC(OC(=O)CCCCCCCCc1ccccc1)C(=O)N[C@@H](COC1OC(CO)C(O)C(OC(=O)C[C@@H](CCCCCCCCCCC)OC(=O)CCCCCCCCC)C1NC(=O)C[C@@H](CCCCCCCCCCC)OC(=O)CCCCCCCCC)C(=O)O. The summed E-state index contributed by atoms with van der Waals surface area (Å²) in [6, 6.07) is 7.06. The van der Waals surface area contributed by atoms with Gasteiger partial charge in [0.1, 0.15) is 30.5 Å². The lowest BCUT2D eigenvalue weighted by Crippen LogP contribution is -2.66. The van der Waals surface area contributed by atoms with Crippen LogP contribution >= 0.6 is 0 Å². The summed E-state index contributed by atoms with van der Waals surface area (Å²) in [5, 5.41) is 39.0. The van der Waals surface area contributed by atoms with Crippen LogP contribution in [0.4, 0.5) is 0 Å². The first-order chi connectivity index (χ1) is 50.7. The Bertz CT molecular complexity index is 2270. The highest BCUT2D eigenvalue weighted by Gasteiger charge is 2.49. The van der Waals surface area contributed by atoms with Gasteiger partial charge in [0.05, 0.1) is 26.1 Å². The molecule has 1 saturated heterocycles. The number of ether oxygens (including phenoxy) is 6. The van der Waals surface area contributed by atoms with Gasteiger partial charge >= 0.3 is 29.8 Å². The van der Waals surface area contributed by atoms with Gasteiger partial charge < -0.3 is 54.4 Å². The zero-order valence-electron chi connectivity index (χ0n) is 66.5. The van der Waals surface area contributed by atoms with Gasteiger partial charge in [-0.3, -0.25) is 28.8 Å². The van der Waals surface area contributed by atoms with Crippen molar-refractivity contribution in [3.8, 4) is 0 Å². The number of aryl methyl sites for hydroxylation is 1. The number of nitrogens with one attached hydrogen (secondary N) is 2. The molecule has 0 radical (unpaired) electrons. The number of carboxylic acid groups (broad SMARTS) is 1. The van der Waals surface area contributed by atoms with Gasteiger partial charge in [0.2, 0.25) is 5.91 Å². The summed E-state index contributed by atoms with van der Waals surface area (Å²) < 4.78 is 36.6. The van der Waals surface area contributed by atoms with E-state index in [2.05, 4.69) is 69.5 Å². The van der Waals surface area contributed by atoms with Gasteiger partial charge in [-0.1, -0.05) is 328 Å². The van der Waals surface area contributed by atoms with Crippen LogP contribution in [0.2, 0.25) is 0 Å². The van der Waals surface area contributed by atoms with Crippen molar-refractivity contribution in [1.82, 2.24) is 10.6 Å². The van der Waals surface area contributed by atoms with Crippen LogP contribution < -0.4 is 10.6 Å². The number of aliphatic hydroxyl groups excluding tert-OH is 2. The maximum Gasteiger partial charge on any atom is 0.328 e. The third-order valence-electron chi connectivity index (χ3n) is 20.4. The molecule has 0 aromatic heterocycles. The van der Waals surface area contributed by atoms with Crippen LogP contribution in [0.3, 0.4) is 0 Å². The molecule has 0 bridgehead atoms. The summed E-state index contributed by atoms with van der Waals surface area (Å²) in [6.07, 6.45) is 41.2. The molecule has 0 spiro atoms. The standard InChI is InChI=1S/C86H152N2O16/c1-6-11-16-21-26-29-32-37-43-53-62-74(102-79(93)65-56-46-39-38-40-48-57-70-58-49-47-50-59-70)84(96)87-73(85(97)98)69-99-86-81(88-76(90)66-71(60-51-41-35-30-27-22-17-12-7-2)100-77(91)63-54-44-33-24-19-14-9-4)83(82(95)75(68-89)103-86)104-80(94)67-72(61-52-42-36-31-28-23-18-13-8-3)101-78(92)64-55-45-34-25-20-15-10-5/h47,49-50,58-59,71-75,81-83,86,89,95H,6-46,48,51-57,60-69H2,1-5H3,(H,87,96)(H,88,90)(H,97,98)/t71-,72-,73+,74?,75?,81?,82?,83?,86?/m1/s1. The van der Waals surface area contributed by atoms with Crippen molar-refractivity contribution in [1.29, 1.82) is 0 Å². The lowest BCUT2D eigenvalue weighted by molar-refractivity contribution is -0.275. The minimum absolute atomic E-state index is 0.0964. The summed E-state index contributed by atoms with van der Waals surface area (Å²) in [5.41, 5.74) is 1.32. The molecule has 18 heteroatoms. The molecule has 1 aliphatic heterocycles. The number of benzene rings is 1. The van der Waals surface area contributed by atoms with Gasteiger partial charge in [-0.25, -0.2) is 4.79 Å². The summed E-state index contributed by atoms with van der Waals surface area (Å²) in [7, 11) is 0. The van der Waals surface area contributed by atoms with Gasteiger partial charge in [0.25, 0.3) is 5.91 Å². The largest absolute Gasteiger partial charge is 0.480 e. The van der Waals surface area contributed by atoms with E-state index in [1.54, 1.807) is 0 Å². The van der Waals surface area contributed by atoms with Crippen molar-refractivity contribution in [2.24, 2.45) is 0 Å². The van der Waals surface area contributed by atoms with E-state index < -0.39 is 110 Å². The second-order valence-corrected chi connectivity index (χ2v) is 30.2. The van der Waals surface area contributed by atoms with Crippen LogP contribution in [0.1, 0.15) is 400 Å². The second kappa shape index (κ2) is 66.5. The Morgan fingerprint density at radius 1 is 0.442 bits per heavy atom. The van der Waals surface area contributed by atoms with Crippen molar-refractivity contribution in [2.45, 2.75) is 456 Å². The number of carbonyl (C=O) groups excluding carboxylic acids is 6. The number of amides is 2. The van der Waals surface area contributed by atoms with Gasteiger partial charge in [-0.15, -0.1) is 0 Å². The first kappa shape index (κ1) is 95.4. The molecule has 9 atom stereocenters. The van der Waals surface area contributed by atoms with E-state index >= 15 is 0 Å². The van der Waals surface area contributed by atoms with E-state index in [1.807, 2.05) is 6.07 Å². The fourth-order valence-electron chi connectivity index (χ4n) is 13.9. The van der Waals surface area contributed by atoms with Gasteiger partial charge in [-0.05, 0) is 76.2 Å². The molecule has 5 N–H and O–H groups in total. The Morgan fingerprint density at radius 2 is 0.808 bits per heavy atom. The quantitative estimate of drug-likeness (QED) is 0.0231. The maximum atomic E-state index is 14.7. The molecule has 6 unspecified atom stereocenters. The number of esters is 4. The normalized spacial score (nSPS) is 17.0. The van der Waals surface area contributed by atoms with Crippen molar-refractivity contribution >= 4 is 41.7 Å². The number of carbonyl (C=O) groups is 7. The smallest absolute Gasteiger partial charge is 0.328 e. The van der Waals surface area contributed by atoms with E-state index in [0.717, 1.165) is 186 Å². The Morgan fingerprint density at radius 3 is 1.21 bits per heavy atom. The van der Waals surface area contributed by atoms with Crippen molar-refractivity contribution in [3.63, 3.8) is 0 Å². The van der Waals surface area contributed by atoms with Gasteiger partial charge in [-0.2, -0.15) is 0 Å². The molecule has 2 rings (SSSR count). The predicted octanol–water partition coefficient (Wildman–Crippen LogP) is 20.0. The molecule has 2 amide bonds. The average molecular weight is 1470 g/mol. The number of hydrogen-bond donors (Lipinski definition) is 5. The average Bonchev–Trinajstić information content (AvgIpc) is 0.793. The highest BCUT2D eigenvalue weighted by Crippen LogP contribution is 2.28. The molecule has 104 heavy (non-hydrogen) atoms. The summed E-state index contributed by atoms with van der Waals surface area (Å²) in [4.78, 5) is 97.5. The van der Waals surface area contributed by atoms with Crippen LogP contribution in [-0.4, -0.2) is 125 Å². The predicted molar refractivity (Wildman–Crippen MR) is 416 cm³/mol. The zero-order valence-corrected chi connectivity index (χ0v) is 66.5. The van der Waals surface area contributed by atoms with Crippen LogP contribution in [0.5, 0.6) is 0 Å². The Labute approximate surface area is 631 Å². The first-order valence-corrected chi connectivity index (χ1v) is 42.9. The summed E-state index contributed by atoms with van der Waals surface area (Å²) >= 11 is 0. The van der Waals surface area contributed by atoms with Crippen molar-refractivity contribution in [3.05, 3.63) is 35.9 Å². The van der Waals surface area contributed by atoms with Crippen LogP contribution in [0.15, 0.2) is 30.3 Å². The number of unbranched alkanes of at least 4 members (excludes halogenated alkanes) is 42. The van der Waals surface area contributed by atoms with E-state index in [0.29, 0.717) is 51.4 Å². The van der Waals surface area contributed by atoms with Gasteiger partial charge in [0, 0.05) is 19.3 Å². The molecule has 1 aromatic rings. The molecule has 1 aliphatic rings. The summed E-state index contributed by atoms with van der Waals surface area (Å²) in [6.45, 7) is 9.33. The lowest BCUT2D eigenvalue weighted by atomic mass is 9.96. The number of aliphatic carboxylic acids is 1. The number of carboxylic acids is 1. The Balaban J connectivity index is 2.51. The van der Waals surface area contributed by atoms with E-state index in [4.69, 9.17) is 28.4 Å². The van der Waals surface area contributed by atoms with Crippen LogP contribution in [0.25, 0.3) is 0 Å². The Hall–Kier alpha value is -4.65. The number of hydrogen-bond acceptors (Lipinski definition) is 15. The molecule has 602 valence electrons. The maximum absolute atomic E-state index is 14.7. The molecular weight excluding hydrogens is 1320 g/mol. The third kappa shape index (κ3) is 50.8. The van der Waals surface area contributed by atoms with E-state index in [-0.39, 0.29) is 38.5 Å². The molecule has 1 aromatic carbocycles. The van der Waals surface area contributed by atoms with E-state index in [1.165, 1.54) is 95.5 Å². The third-order valence-corrected chi connectivity index (χ3v) is 20.4. The van der Waals surface area contributed by atoms with Crippen molar-refractivity contribution < 1.29 is 77.3 Å². The number of rotatable bonds is 72. The zero-order chi connectivity index (χ0) is 75.7.